The zero-order chi connectivity index (χ0) is 42.7. The quantitative estimate of drug-likeness (QED) is 0.146. The molecular weight excluding hydrogens is 754 g/mol. The second-order valence-corrected chi connectivity index (χ2v) is 17.5. The number of ether oxygens (including phenoxy) is 5. The summed E-state index contributed by atoms with van der Waals surface area (Å²) in [7, 11) is 0. The Bertz CT molecular complexity index is 1960. The van der Waals surface area contributed by atoms with Gasteiger partial charge in [-0.15, -0.1) is 0 Å². The number of hydrogen-bond donors (Lipinski definition) is 5. The highest BCUT2D eigenvalue weighted by Crippen LogP contribution is 2.63. The maximum Gasteiger partial charge on any atom is 0.408 e. The van der Waals surface area contributed by atoms with Gasteiger partial charge in [0.1, 0.15) is 29.5 Å². The summed E-state index contributed by atoms with van der Waals surface area (Å²) < 4.78 is 29.1. The van der Waals surface area contributed by atoms with Crippen LogP contribution in [0, 0.1) is 22.7 Å². The molecule has 3 aliphatic carbocycles. The number of fused-ring (bicyclic) bond motifs is 5. The molecule has 0 aromatic heterocycles. The molecule has 2 aromatic carbocycles. The number of aliphatic hydroxyl groups is 4. The smallest absolute Gasteiger partial charge is 0.408 e. The van der Waals surface area contributed by atoms with Gasteiger partial charge in [-0.1, -0.05) is 62.4 Å². The lowest BCUT2D eigenvalue weighted by molar-refractivity contribution is -0.352. The van der Waals surface area contributed by atoms with Crippen LogP contribution in [0.4, 0.5) is 4.79 Å². The average molecular weight is 808 g/mol. The molecule has 1 aliphatic heterocycles. The van der Waals surface area contributed by atoms with E-state index in [2.05, 4.69) is 5.32 Å². The van der Waals surface area contributed by atoms with Gasteiger partial charge in [-0.25, -0.2) is 14.4 Å². The van der Waals surface area contributed by atoms with Gasteiger partial charge >= 0.3 is 24.0 Å². The molecule has 15 nitrogen and oxygen atoms in total. The SMILES string of the molecule is CC(=O)OC1O[C@@H]2C[C@H](O)[C@@]3(C)C(=O)[C@H](O)C4=C(C)[C@@H](OC(=O)[C@H](O)[C@@H](NC(=O)OC(C)(C)C)c5ccccc5)C[C@@](O)([C@@H](OC(=O)c5ccccc5)[C@@H]3C12)C4(C)C. The number of ketones is 1. The molecule has 58 heavy (non-hydrogen) atoms. The number of esters is 3. The van der Waals surface area contributed by atoms with Gasteiger partial charge in [0.15, 0.2) is 11.9 Å². The summed E-state index contributed by atoms with van der Waals surface area (Å²) in [5.41, 5.74) is -6.13. The van der Waals surface area contributed by atoms with E-state index in [9.17, 15) is 44.4 Å². The molecule has 5 N–H and O–H groups in total. The lowest BCUT2D eigenvalue weighted by Gasteiger charge is -2.65. The number of Topliss-reactive ketones (excluding diaryl/α,β-unsaturated/α-hetero) is 1. The van der Waals surface area contributed by atoms with E-state index in [1.165, 1.54) is 32.9 Å². The van der Waals surface area contributed by atoms with Crippen molar-refractivity contribution in [3.8, 4) is 0 Å². The van der Waals surface area contributed by atoms with Crippen molar-refractivity contribution in [2.24, 2.45) is 22.7 Å². The summed E-state index contributed by atoms with van der Waals surface area (Å²) in [5, 5.41) is 51.4. The van der Waals surface area contributed by atoms with Crippen molar-refractivity contribution in [2.75, 3.05) is 0 Å². The second kappa shape index (κ2) is 15.5. The number of amides is 1. The summed E-state index contributed by atoms with van der Waals surface area (Å²) in [4.78, 5) is 68.2. The van der Waals surface area contributed by atoms with Crippen molar-refractivity contribution in [3.05, 3.63) is 82.9 Å². The highest BCUT2D eigenvalue weighted by molar-refractivity contribution is 5.94. The molecule has 15 heteroatoms. The van der Waals surface area contributed by atoms with E-state index in [-0.39, 0.29) is 23.1 Å². The number of carbonyl (C=O) groups is 5. The van der Waals surface area contributed by atoms with Crippen molar-refractivity contribution in [1.82, 2.24) is 5.32 Å². The number of benzene rings is 2. The number of aliphatic hydroxyl groups excluding tert-OH is 3. The maximum absolute atomic E-state index is 14.9. The predicted molar refractivity (Wildman–Crippen MR) is 203 cm³/mol. The molecule has 2 aromatic rings. The fourth-order valence-electron chi connectivity index (χ4n) is 9.44. The Balaban J connectivity index is 1.46. The molecular formula is C43H53NO14. The van der Waals surface area contributed by atoms with Crippen LogP contribution >= 0.6 is 0 Å². The average Bonchev–Trinajstić information content (AvgIpc) is 3.14. The molecule has 2 bridgehead atoms. The molecule has 2 saturated carbocycles. The Morgan fingerprint density at radius 2 is 1.53 bits per heavy atom. The van der Waals surface area contributed by atoms with Crippen LogP contribution in [0.2, 0.25) is 0 Å². The Morgan fingerprint density at radius 1 is 0.931 bits per heavy atom. The van der Waals surface area contributed by atoms with Crippen LogP contribution in [0.25, 0.3) is 0 Å². The monoisotopic (exact) mass is 807 g/mol. The fourth-order valence-corrected chi connectivity index (χ4v) is 9.44. The maximum atomic E-state index is 14.9. The fraction of sp³-hybridized carbons (Fsp3) is 0.558. The normalized spacial score (nSPS) is 33.7. The molecule has 12 atom stereocenters. The van der Waals surface area contributed by atoms with Crippen LogP contribution in [0.1, 0.15) is 90.2 Å². The number of carbonyl (C=O) groups excluding carboxylic acids is 5. The van der Waals surface area contributed by atoms with E-state index in [1.807, 2.05) is 0 Å². The number of rotatable bonds is 8. The van der Waals surface area contributed by atoms with Crippen LogP contribution in [0.5, 0.6) is 0 Å². The molecule has 2 unspecified atom stereocenters. The number of nitrogens with one attached hydrogen (secondary N) is 1. The van der Waals surface area contributed by atoms with Gasteiger partial charge in [-0.2, -0.15) is 0 Å². The first-order valence-corrected chi connectivity index (χ1v) is 19.4. The summed E-state index contributed by atoms with van der Waals surface area (Å²) in [6.45, 7) is 12.2. The zero-order valence-corrected chi connectivity index (χ0v) is 33.8. The van der Waals surface area contributed by atoms with E-state index in [0.717, 1.165) is 0 Å². The van der Waals surface area contributed by atoms with E-state index in [1.54, 1.807) is 83.1 Å². The topological polar surface area (TPSA) is 224 Å². The summed E-state index contributed by atoms with van der Waals surface area (Å²) >= 11 is 0. The first kappa shape index (κ1) is 42.9. The van der Waals surface area contributed by atoms with E-state index in [0.29, 0.717) is 5.56 Å². The molecule has 4 aliphatic rings. The molecule has 0 radical (unpaired) electrons. The van der Waals surface area contributed by atoms with Crippen molar-refractivity contribution < 1.29 is 68.1 Å². The first-order chi connectivity index (χ1) is 27.0. The van der Waals surface area contributed by atoms with Crippen molar-refractivity contribution in [3.63, 3.8) is 0 Å². The van der Waals surface area contributed by atoms with Gasteiger partial charge in [0.25, 0.3) is 0 Å². The highest BCUT2D eigenvalue weighted by atomic mass is 16.7. The van der Waals surface area contributed by atoms with E-state index < -0.39 is 119 Å². The van der Waals surface area contributed by atoms with E-state index in [4.69, 9.17) is 23.7 Å². The largest absolute Gasteiger partial charge is 0.456 e. The highest BCUT2D eigenvalue weighted by Gasteiger charge is 2.74. The Hall–Kier alpha value is -4.67. The van der Waals surface area contributed by atoms with Crippen LogP contribution < -0.4 is 5.32 Å². The lowest BCUT2D eigenvalue weighted by atomic mass is 9.45. The summed E-state index contributed by atoms with van der Waals surface area (Å²) in [5.74, 6) is -5.93. The summed E-state index contributed by atoms with van der Waals surface area (Å²) in [6.07, 6.45) is -12.2. The standard InChI is InChI=1S/C43H53NO14/c1-21-26(55-37(51)33(48)31(23-15-11-9-12-16-23)44-39(52)58-40(3,4)5)20-43(53)35(57-36(50)24-17-13-10-14-18-24)30-28-25(56-38(28)54-22(2)45)19-27(46)42(30,8)34(49)32(47)29(21)41(43,6)7/h9-18,25-28,30-33,35,38,46-48,53H,19-20H2,1-8H3,(H,44,52)/t25-,26+,27+,28?,30+,31+,32-,33-,35+,38?,42-,43-/m1/s1. The van der Waals surface area contributed by atoms with Crippen LogP contribution in [-0.2, 0) is 38.1 Å². The van der Waals surface area contributed by atoms with Gasteiger partial charge in [0.05, 0.1) is 35.1 Å². The Kier molecular flexibility index (Phi) is 11.5. The molecule has 1 amide bonds. The first-order valence-electron chi connectivity index (χ1n) is 19.4. The van der Waals surface area contributed by atoms with Gasteiger partial charge in [0.2, 0.25) is 6.29 Å². The molecule has 0 spiro atoms. The third-order valence-electron chi connectivity index (χ3n) is 12.5. The molecule has 1 heterocycles. The minimum Gasteiger partial charge on any atom is -0.456 e. The Labute approximate surface area is 336 Å². The summed E-state index contributed by atoms with van der Waals surface area (Å²) in [6, 6.07) is 14.7. The van der Waals surface area contributed by atoms with E-state index >= 15 is 0 Å². The molecule has 1 saturated heterocycles. The van der Waals surface area contributed by atoms with Gasteiger partial charge in [0, 0.05) is 31.1 Å². The van der Waals surface area contributed by atoms with Crippen molar-refractivity contribution in [2.45, 2.75) is 128 Å². The minimum atomic E-state index is -2.29. The molecule has 6 rings (SSSR count). The second-order valence-electron chi connectivity index (χ2n) is 17.5. The Morgan fingerprint density at radius 3 is 2.12 bits per heavy atom. The third-order valence-corrected chi connectivity index (χ3v) is 12.5. The predicted octanol–water partition coefficient (Wildman–Crippen LogP) is 3.46. The van der Waals surface area contributed by atoms with Gasteiger partial charge < -0.3 is 49.4 Å². The van der Waals surface area contributed by atoms with Gasteiger partial charge in [-0.3, -0.25) is 9.59 Å². The van der Waals surface area contributed by atoms with Crippen LogP contribution in [-0.4, -0.2) is 104 Å². The number of hydrogen-bond acceptors (Lipinski definition) is 14. The molecule has 314 valence electrons. The third kappa shape index (κ3) is 7.43. The zero-order valence-electron chi connectivity index (χ0n) is 33.8. The minimum absolute atomic E-state index is 0.0406. The van der Waals surface area contributed by atoms with Crippen LogP contribution in [0.3, 0.4) is 0 Å². The molecule has 3 fully saturated rings. The van der Waals surface area contributed by atoms with Crippen molar-refractivity contribution >= 4 is 29.8 Å². The van der Waals surface area contributed by atoms with Gasteiger partial charge in [-0.05, 0) is 63.5 Å². The number of alkyl carbamates (subject to hydrolysis) is 1. The lowest BCUT2D eigenvalue weighted by Crippen LogP contribution is -2.76. The van der Waals surface area contributed by atoms with Crippen LogP contribution in [0.15, 0.2) is 71.8 Å². The van der Waals surface area contributed by atoms with Crippen molar-refractivity contribution in [1.29, 1.82) is 0 Å².